The molecule has 0 unspecified atom stereocenters. The monoisotopic (exact) mass is 231 g/mol. The SMILES string of the molecule is Cc1ccccc1C(=O)C1(N(C)C)CCCC1. The van der Waals surface area contributed by atoms with Crippen LogP contribution in [0.2, 0.25) is 0 Å². The molecule has 0 amide bonds. The molecule has 0 N–H and O–H groups in total. The summed E-state index contributed by atoms with van der Waals surface area (Å²) < 4.78 is 0. The summed E-state index contributed by atoms with van der Waals surface area (Å²) >= 11 is 0. The van der Waals surface area contributed by atoms with Crippen molar-refractivity contribution in [2.75, 3.05) is 14.1 Å². The summed E-state index contributed by atoms with van der Waals surface area (Å²) in [4.78, 5) is 14.9. The molecule has 0 atom stereocenters. The van der Waals surface area contributed by atoms with Crippen molar-refractivity contribution in [1.29, 1.82) is 0 Å². The normalized spacial score (nSPS) is 18.6. The van der Waals surface area contributed by atoms with Crippen LogP contribution in [0.4, 0.5) is 0 Å². The highest BCUT2D eigenvalue weighted by molar-refractivity contribution is 6.04. The van der Waals surface area contributed by atoms with Gasteiger partial charge in [-0.25, -0.2) is 0 Å². The maximum absolute atomic E-state index is 12.8. The van der Waals surface area contributed by atoms with Gasteiger partial charge in [0.1, 0.15) is 0 Å². The van der Waals surface area contributed by atoms with Gasteiger partial charge in [0.25, 0.3) is 0 Å². The molecule has 1 aliphatic rings. The Hall–Kier alpha value is -1.15. The van der Waals surface area contributed by atoms with Gasteiger partial charge in [-0.05, 0) is 39.4 Å². The molecule has 0 aromatic heterocycles. The molecule has 2 heteroatoms. The number of hydrogen-bond acceptors (Lipinski definition) is 2. The largest absolute Gasteiger partial charge is 0.297 e. The molecule has 0 bridgehead atoms. The Balaban J connectivity index is 2.39. The van der Waals surface area contributed by atoms with Crippen molar-refractivity contribution in [3.8, 4) is 0 Å². The highest BCUT2D eigenvalue weighted by Gasteiger charge is 2.43. The summed E-state index contributed by atoms with van der Waals surface area (Å²) in [5, 5.41) is 0. The molecule has 92 valence electrons. The minimum Gasteiger partial charge on any atom is -0.297 e. The number of aryl methyl sites for hydroxylation is 1. The van der Waals surface area contributed by atoms with E-state index in [1.165, 1.54) is 0 Å². The number of benzene rings is 1. The molecule has 1 aromatic rings. The Labute approximate surface area is 104 Å². The van der Waals surface area contributed by atoms with Crippen LogP contribution in [0.25, 0.3) is 0 Å². The molecule has 2 rings (SSSR count). The standard InChI is InChI=1S/C15H21NO/c1-12-8-4-5-9-13(12)14(17)15(16(2)3)10-6-7-11-15/h4-5,8-9H,6-7,10-11H2,1-3H3. The van der Waals surface area contributed by atoms with Gasteiger partial charge in [0.05, 0.1) is 5.54 Å². The molecular formula is C15H21NO. The summed E-state index contributed by atoms with van der Waals surface area (Å²) in [6, 6.07) is 7.93. The van der Waals surface area contributed by atoms with E-state index in [9.17, 15) is 4.79 Å². The van der Waals surface area contributed by atoms with Crippen LogP contribution in [0.3, 0.4) is 0 Å². The summed E-state index contributed by atoms with van der Waals surface area (Å²) in [5.74, 6) is 0.304. The summed E-state index contributed by atoms with van der Waals surface area (Å²) in [5.41, 5.74) is 1.72. The molecule has 0 aliphatic heterocycles. The molecule has 0 spiro atoms. The zero-order chi connectivity index (χ0) is 12.5. The maximum Gasteiger partial charge on any atom is 0.183 e. The zero-order valence-corrected chi connectivity index (χ0v) is 11.0. The molecular weight excluding hydrogens is 210 g/mol. The Kier molecular flexibility index (Phi) is 3.34. The van der Waals surface area contributed by atoms with Crippen molar-refractivity contribution >= 4 is 5.78 Å². The van der Waals surface area contributed by atoms with E-state index in [1.54, 1.807) is 0 Å². The number of likely N-dealkylation sites (N-methyl/N-ethyl adjacent to an activating group) is 1. The third-order valence-electron chi connectivity index (χ3n) is 4.10. The van der Waals surface area contributed by atoms with E-state index in [4.69, 9.17) is 0 Å². The first kappa shape index (κ1) is 12.3. The Morgan fingerprint density at radius 1 is 1.18 bits per heavy atom. The number of hydrogen-bond donors (Lipinski definition) is 0. The fourth-order valence-corrected chi connectivity index (χ4v) is 2.92. The molecule has 0 radical (unpaired) electrons. The molecule has 17 heavy (non-hydrogen) atoms. The topological polar surface area (TPSA) is 20.3 Å². The van der Waals surface area contributed by atoms with Gasteiger partial charge >= 0.3 is 0 Å². The van der Waals surface area contributed by atoms with Gasteiger partial charge in [-0.3, -0.25) is 9.69 Å². The summed E-state index contributed by atoms with van der Waals surface area (Å²) in [6.07, 6.45) is 4.31. The number of carbonyl (C=O) groups is 1. The second-order valence-electron chi connectivity index (χ2n) is 5.28. The van der Waals surface area contributed by atoms with Gasteiger partial charge in [-0.15, -0.1) is 0 Å². The molecule has 0 saturated heterocycles. The Morgan fingerprint density at radius 2 is 1.76 bits per heavy atom. The second-order valence-corrected chi connectivity index (χ2v) is 5.28. The van der Waals surface area contributed by atoms with Crippen LogP contribution in [-0.2, 0) is 0 Å². The smallest absolute Gasteiger partial charge is 0.183 e. The number of nitrogens with zero attached hydrogens (tertiary/aromatic N) is 1. The fraction of sp³-hybridized carbons (Fsp3) is 0.533. The van der Waals surface area contributed by atoms with Crippen LogP contribution >= 0.6 is 0 Å². The van der Waals surface area contributed by atoms with Crippen LogP contribution < -0.4 is 0 Å². The van der Waals surface area contributed by atoms with Gasteiger partial charge in [-0.2, -0.15) is 0 Å². The number of carbonyl (C=O) groups excluding carboxylic acids is 1. The second kappa shape index (κ2) is 4.61. The van der Waals surface area contributed by atoms with Crippen molar-refractivity contribution < 1.29 is 4.79 Å². The van der Waals surface area contributed by atoms with Gasteiger partial charge in [0.2, 0.25) is 0 Å². The Morgan fingerprint density at radius 3 is 2.29 bits per heavy atom. The van der Waals surface area contributed by atoms with Crippen molar-refractivity contribution in [2.45, 2.75) is 38.1 Å². The molecule has 1 aliphatic carbocycles. The van der Waals surface area contributed by atoms with Gasteiger partial charge in [-0.1, -0.05) is 37.1 Å². The van der Waals surface area contributed by atoms with Crippen molar-refractivity contribution in [3.63, 3.8) is 0 Å². The minimum absolute atomic E-state index is 0.258. The highest BCUT2D eigenvalue weighted by atomic mass is 16.1. The third-order valence-corrected chi connectivity index (χ3v) is 4.10. The first-order valence-corrected chi connectivity index (χ1v) is 6.36. The van der Waals surface area contributed by atoms with E-state index < -0.39 is 0 Å². The third kappa shape index (κ3) is 2.02. The molecule has 0 heterocycles. The van der Waals surface area contributed by atoms with Crippen LogP contribution in [0.5, 0.6) is 0 Å². The number of rotatable bonds is 3. The van der Waals surface area contributed by atoms with E-state index in [0.29, 0.717) is 5.78 Å². The van der Waals surface area contributed by atoms with E-state index in [1.807, 2.05) is 45.3 Å². The van der Waals surface area contributed by atoms with Gasteiger partial charge in [0, 0.05) is 5.56 Å². The maximum atomic E-state index is 12.8. The van der Waals surface area contributed by atoms with E-state index >= 15 is 0 Å². The first-order valence-electron chi connectivity index (χ1n) is 6.36. The summed E-state index contributed by atoms with van der Waals surface area (Å²) in [6.45, 7) is 2.02. The average molecular weight is 231 g/mol. The van der Waals surface area contributed by atoms with Crippen molar-refractivity contribution in [2.24, 2.45) is 0 Å². The predicted molar refractivity (Wildman–Crippen MR) is 70.4 cm³/mol. The lowest BCUT2D eigenvalue weighted by atomic mass is 9.85. The van der Waals surface area contributed by atoms with E-state index in [2.05, 4.69) is 4.90 Å². The van der Waals surface area contributed by atoms with E-state index in [-0.39, 0.29) is 5.54 Å². The molecule has 2 nitrogen and oxygen atoms in total. The minimum atomic E-state index is -0.258. The van der Waals surface area contributed by atoms with Crippen LogP contribution in [0.15, 0.2) is 24.3 Å². The number of Topliss-reactive ketones (excluding diaryl/α,β-unsaturated/α-hetero) is 1. The lowest BCUT2D eigenvalue weighted by Crippen LogP contribution is -2.49. The van der Waals surface area contributed by atoms with Gasteiger partial charge in [0.15, 0.2) is 5.78 Å². The lowest BCUT2D eigenvalue weighted by molar-refractivity contribution is 0.0692. The Bertz CT molecular complexity index is 417. The molecule has 1 aromatic carbocycles. The van der Waals surface area contributed by atoms with Crippen LogP contribution in [0.1, 0.15) is 41.6 Å². The van der Waals surface area contributed by atoms with Crippen LogP contribution in [0, 0.1) is 6.92 Å². The van der Waals surface area contributed by atoms with Crippen molar-refractivity contribution in [1.82, 2.24) is 4.90 Å². The van der Waals surface area contributed by atoms with Crippen molar-refractivity contribution in [3.05, 3.63) is 35.4 Å². The quantitative estimate of drug-likeness (QED) is 0.745. The summed E-state index contributed by atoms with van der Waals surface area (Å²) in [7, 11) is 4.06. The predicted octanol–water partition coefficient (Wildman–Crippen LogP) is 3.05. The van der Waals surface area contributed by atoms with Crippen LogP contribution in [-0.4, -0.2) is 30.3 Å². The lowest BCUT2D eigenvalue weighted by Gasteiger charge is -2.35. The van der Waals surface area contributed by atoms with Gasteiger partial charge < -0.3 is 0 Å². The molecule has 1 saturated carbocycles. The first-order chi connectivity index (χ1) is 8.08. The average Bonchev–Trinajstić information content (AvgIpc) is 2.79. The zero-order valence-electron chi connectivity index (χ0n) is 11.0. The fourth-order valence-electron chi connectivity index (χ4n) is 2.92. The highest BCUT2D eigenvalue weighted by Crippen LogP contribution is 2.37. The molecule has 1 fully saturated rings. The van der Waals surface area contributed by atoms with E-state index in [0.717, 1.165) is 36.8 Å². The number of ketones is 1.